The molecule has 2 N–H and O–H groups in total. The van der Waals surface area contributed by atoms with E-state index in [1.165, 1.54) is 0 Å². The lowest BCUT2D eigenvalue weighted by atomic mass is 9.96. The van der Waals surface area contributed by atoms with Crippen LogP contribution in [-0.4, -0.2) is 25.7 Å². The van der Waals surface area contributed by atoms with Crippen molar-refractivity contribution in [1.82, 2.24) is 14.9 Å². The van der Waals surface area contributed by atoms with E-state index in [-0.39, 0.29) is 17.6 Å². The molecule has 1 aliphatic rings. The van der Waals surface area contributed by atoms with E-state index in [0.29, 0.717) is 5.11 Å². The summed E-state index contributed by atoms with van der Waals surface area (Å²) in [6, 6.07) is 24.9. The third kappa shape index (κ3) is 3.74. The van der Waals surface area contributed by atoms with Crippen LogP contribution in [-0.2, 0) is 0 Å². The smallest absolute Gasteiger partial charge is 0.335 e. The van der Waals surface area contributed by atoms with E-state index in [1.54, 1.807) is 24.4 Å². The van der Waals surface area contributed by atoms with Gasteiger partial charge >= 0.3 is 5.97 Å². The summed E-state index contributed by atoms with van der Waals surface area (Å²) in [6.07, 6.45) is 1.79. The van der Waals surface area contributed by atoms with Crippen LogP contribution in [0.1, 0.15) is 45.1 Å². The van der Waals surface area contributed by atoms with Crippen molar-refractivity contribution >= 4 is 29.0 Å². The summed E-state index contributed by atoms with van der Waals surface area (Å²) < 4.78 is 2.10. The highest BCUT2D eigenvalue weighted by Gasteiger charge is 2.42. The number of carbonyl (C=O) groups is 1. The van der Waals surface area contributed by atoms with Gasteiger partial charge in [0.2, 0.25) is 0 Å². The Balaban J connectivity index is 1.67. The maximum atomic E-state index is 11.6. The number of aromatic carboxylic acids is 1. The maximum Gasteiger partial charge on any atom is 0.335 e. The van der Waals surface area contributed by atoms with Gasteiger partial charge in [-0.05, 0) is 80.2 Å². The van der Waals surface area contributed by atoms with E-state index >= 15 is 0 Å². The molecule has 0 aliphatic carbocycles. The van der Waals surface area contributed by atoms with Crippen LogP contribution < -0.4 is 10.2 Å². The van der Waals surface area contributed by atoms with Crippen LogP contribution in [0, 0.1) is 13.8 Å². The van der Waals surface area contributed by atoms with Crippen molar-refractivity contribution in [2.75, 3.05) is 4.90 Å². The van der Waals surface area contributed by atoms with Crippen molar-refractivity contribution in [2.45, 2.75) is 25.9 Å². The van der Waals surface area contributed by atoms with Gasteiger partial charge in [0.05, 0.1) is 23.3 Å². The predicted octanol–water partition coefficient (Wildman–Crippen LogP) is 5.36. The molecule has 2 aromatic heterocycles. The van der Waals surface area contributed by atoms with E-state index in [1.807, 2.05) is 49.4 Å². The van der Waals surface area contributed by atoms with Crippen LogP contribution in [0.25, 0.3) is 5.69 Å². The Morgan fingerprint density at radius 1 is 0.971 bits per heavy atom. The molecule has 2 atom stereocenters. The number of benzene rings is 2. The minimum atomic E-state index is -0.944. The number of anilines is 1. The molecule has 0 unspecified atom stereocenters. The summed E-state index contributed by atoms with van der Waals surface area (Å²) in [5.74, 6) is -0.944. The molecule has 0 spiro atoms. The Morgan fingerprint density at radius 2 is 1.71 bits per heavy atom. The minimum Gasteiger partial charge on any atom is -0.478 e. The molecule has 0 radical (unpaired) electrons. The number of nitrogens with one attached hydrogen (secondary N) is 1. The Hall–Kier alpha value is -3.97. The van der Waals surface area contributed by atoms with Crippen molar-refractivity contribution < 1.29 is 9.90 Å². The lowest BCUT2D eigenvalue weighted by molar-refractivity contribution is 0.0697. The first-order valence-corrected chi connectivity index (χ1v) is 11.4. The van der Waals surface area contributed by atoms with Gasteiger partial charge in [-0.3, -0.25) is 4.98 Å². The molecule has 1 aliphatic heterocycles. The molecule has 170 valence electrons. The molecule has 1 fully saturated rings. The largest absolute Gasteiger partial charge is 0.478 e. The topological polar surface area (TPSA) is 70.4 Å². The zero-order valence-corrected chi connectivity index (χ0v) is 19.7. The van der Waals surface area contributed by atoms with E-state index in [4.69, 9.17) is 12.2 Å². The second-order valence-corrected chi connectivity index (χ2v) is 8.74. The van der Waals surface area contributed by atoms with Gasteiger partial charge in [-0.2, -0.15) is 0 Å². The number of carboxylic acids is 1. The number of pyridine rings is 1. The van der Waals surface area contributed by atoms with Crippen molar-refractivity contribution in [2.24, 2.45) is 0 Å². The quantitative estimate of drug-likeness (QED) is 0.384. The number of hydrogen-bond acceptors (Lipinski definition) is 3. The SMILES string of the molecule is Cc1cc([C@H]2[C@@H](c3ccccn3)NC(=S)N2c2ccccc2)c(C)n1-c1cccc(C(=O)O)c1. The molecule has 6 nitrogen and oxygen atoms in total. The molecular weight excluding hydrogens is 444 g/mol. The second-order valence-electron chi connectivity index (χ2n) is 8.35. The first-order chi connectivity index (χ1) is 16.5. The van der Waals surface area contributed by atoms with E-state index in [9.17, 15) is 9.90 Å². The Labute approximate surface area is 203 Å². The van der Waals surface area contributed by atoms with E-state index in [2.05, 4.69) is 44.9 Å². The summed E-state index contributed by atoms with van der Waals surface area (Å²) >= 11 is 5.81. The van der Waals surface area contributed by atoms with Gasteiger partial charge < -0.3 is 19.9 Å². The second kappa shape index (κ2) is 8.76. The Kier molecular flexibility index (Phi) is 5.63. The highest BCUT2D eigenvalue weighted by atomic mass is 32.1. The number of aryl methyl sites for hydroxylation is 1. The van der Waals surface area contributed by atoms with Crippen LogP contribution >= 0.6 is 12.2 Å². The maximum absolute atomic E-state index is 11.6. The number of rotatable bonds is 5. The number of thiocarbonyl (C=S) groups is 1. The summed E-state index contributed by atoms with van der Waals surface area (Å²) in [4.78, 5) is 18.3. The molecule has 34 heavy (non-hydrogen) atoms. The lowest BCUT2D eigenvalue weighted by Crippen LogP contribution is -2.29. The standard InChI is InChI=1S/C27H24N4O2S/c1-17-15-22(18(2)30(17)21-12-8-9-19(16-21)26(32)33)25-24(23-13-6-7-14-28-23)29-27(34)31(25)20-10-4-3-5-11-20/h3-16,24-25H,1-2H3,(H,29,34)(H,32,33)/t24-,25+/m1/s1. The Morgan fingerprint density at radius 3 is 2.41 bits per heavy atom. The number of nitrogens with zero attached hydrogens (tertiary/aromatic N) is 3. The molecule has 5 rings (SSSR count). The fourth-order valence-corrected chi connectivity index (χ4v) is 5.15. The van der Waals surface area contributed by atoms with Crippen molar-refractivity contribution in [3.05, 3.63) is 113 Å². The molecule has 3 heterocycles. The fraction of sp³-hybridized carbons (Fsp3) is 0.148. The van der Waals surface area contributed by atoms with Crippen LogP contribution in [0.3, 0.4) is 0 Å². The third-order valence-electron chi connectivity index (χ3n) is 6.27. The first-order valence-electron chi connectivity index (χ1n) is 11.0. The van der Waals surface area contributed by atoms with Gasteiger partial charge in [0.25, 0.3) is 0 Å². The van der Waals surface area contributed by atoms with Gasteiger partial charge in [-0.25, -0.2) is 4.79 Å². The number of para-hydroxylation sites is 1. The van der Waals surface area contributed by atoms with Crippen molar-refractivity contribution in [1.29, 1.82) is 0 Å². The summed E-state index contributed by atoms with van der Waals surface area (Å²) in [6.45, 7) is 4.10. The number of carboxylic acid groups (broad SMARTS) is 1. The molecule has 4 aromatic rings. The number of hydrogen-bond donors (Lipinski definition) is 2. The fourth-order valence-electron chi connectivity index (χ4n) is 4.80. The molecule has 2 aromatic carbocycles. The minimum absolute atomic E-state index is 0.132. The average molecular weight is 469 g/mol. The van der Waals surface area contributed by atoms with Gasteiger partial charge in [0, 0.05) is 29.0 Å². The molecule has 0 saturated carbocycles. The molecule has 0 bridgehead atoms. The molecule has 1 saturated heterocycles. The summed E-state index contributed by atoms with van der Waals surface area (Å²) in [7, 11) is 0. The van der Waals surface area contributed by atoms with Crippen molar-refractivity contribution in [3.8, 4) is 5.69 Å². The number of aromatic nitrogens is 2. The van der Waals surface area contributed by atoms with Crippen LogP contribution in [0.15, 0.2) is 85.1 Å². The highest BCUT2D eigenvalue weighted by Crippen LogP contribution is 2.43. The van der Waals surface area contributed by atoms with Gasteiger partial charge in [-0.1, -0.05) is 30.3 Å². The van der Waals surface area contributed by atoms with Crippen LogP contribution in [0.2, 0.25) is 0 Å². The normalized spacial score (nSPS) is 17.6. The van der Waals surface area contributed by atoms with E-state index in [0.717, 1.165) is 34.0 Å². The van der Waals surface area contributed by atoms with Crippen LogP contribution in [0.4, 0.5) is 5.69 Å². The third-order valence-corrected chi connectivity index (χ3v) is 6.59. The predicted molar refractivity (Wildman–Crippen MR) is 137 cm³/mol. The highest BCUT2D eigenvalue weighted by molar-refractivity contribution is 7.80. The van der Waals surface area contributed by atoms with Gasteiger partial charge in [0.15, 0.2) is 5.11 Å². The van der Waals surface area contributed by atoms with Gasteiger partial charge in [-0.15, -0.1) is 0 Å². The lowest BCUT2D eigenvalue weighted by Gasteiger charge is -2.28. The monoisotopic (exact) mass is 468 g/mol. The Bertz CT molecular complexity index is 1370. The first kappa shape index (κ1) is 21.9. The molecule has 0 amide bonds. The molecule has 7 heteroatoms. The average Bonchev–Trinajstić information content (AvgIpc) is 3.35. The van der Waals surface area contributed by atoms with Crippen molar-refractivity contribution in [3.63, 3.8) is 0 Å². The van der Waals surface area contributed by atoms with Gasteiger partial charge in [0.1, 0.15) is 0 Å². The summed E-state index contributed by atoms with van der Waals surface area (Å²) in [5.41, 5.74) is 6.12. The van der Waals surface area contributed by atoms with E-state index < -0.39 is 5.97 Å². The molecular formula is C27H24N4O2S. The summed E-state index contributed by atoms with van der Waals surface area (Å²) in [5, 5.41) is 13.6. The zero-order valence-electron chi connectivity index (χ0n) is 18.8. The van der Waals surface area contributed by atoms with Crippen LogP contribution in [0.5, 0.6) is 0 Å². The zero-order chi connectivity index (χ0) is 23.8.